The van der Waals surface area contributed by atoms with Crippen LogP contribution in [-0.4, -0.2) is 18.8 Å². The molecule has 0 saturated carbocycles. The zero-order valence-electron chi connectivity index (χ0n) is 12.8. The van der Waals surface area contributed by atoms with Crippen molar-refractivity contribution in [3.8, 4) is 5.75 Å². The molecule has 0 radical (unpaired) electrons. The van der Waals surface area contributed by atoms with Gasteiger partial charge in [-0.3, -0.25) is 9.59 Å². The minimum absolute atomic E-state index is 0.0689. The van der Waals surface area contributed by atoms with Crippen LogP contribution < -0.4 is 10.1 Å². The first-order chi connectivity index (χ1) is 11.1. The maximum atomic E-state index is 12.0. The molecular weight excluding hydrogens is 314 g/mol. The summed E-state index contributed by atoms with van der Waals surface area (Å²) in [4.78, 5) is 23.9. The quantitative estimate of drug-likeness (QED) is 0.788. The van der Waals surface area contributed by atoms with E-state index >= 15 is 0 Å². The first-order valence-corrected chi connectivity index (χ1v) is 7.65. The molecule has 0 aromatic heterocycles. The number of hydrogen-bond donors (Lipinski definition) is 1. The van der Waals surface area contributed by atoms with Crippen LogP contribution in [0.5, 0.6) is 5.75 Å². The molecule has 0 unspecified atom stereocenters. The van der Waals surface area contributed by atoms with E-state index in [0.29, 0.717) is 22.9 Å². The molecule has 0 fully saturated rings. The molecule has 1 amide bonds. The van der Waals surface area contributed by atoms with Gasteiger partial charge in [0.15, 0.2) is 5.78 Å². The van der Waals surface area contributed by atoms with Gasteiger partial charge >= 0.3 is 0 Å². The van der Waals surface area contributed by atoms with Crippen LogP contribution in [0.25, 0.3) is 0 Å². The summed E-state index contributed by atoms with van der Waals surface area (Å²) in [7, 11) is 1.57. The molecule has 4 nitrogen and oxygen atoms in total. The highest BCUT2D eigenvalue weighted by Crippen LogP contribution is 2.15. The molecule has 0 heterocycles. The molecule has 0 spiro atoms. The molecule has 1 N–H and O–H groups in total. The molecule has 2 aromatic rings. The molecule has 2 aromatic carbocycles. The maximum absolute atomic E-state index is 12.0. The van der Waals surface area contributed by atoms with Crippen LogP contribution in [0.3, 0.4) is 0 Å². The van der Waals surface area contributed by atoms with Gasteiger partial charge in [0.05, 0.1) is 7.11 Å². The minimum Gasteiger partial charge on any atom is -0.497 e. The predicted octanol–water partition coefficient (Wildman–Crippen LogP) is 3.63. The number of nitrogens with one attached hydrogen (secondary N) is 1. The van der Waals surface area contributed by atoms with E-state index in [0.717, 1.165) is 5.56 Å². The number of Topliss-reactive ketones (excluding diaryl/α,β-unsaturated/α-hetero) is 1. The van der Waals surface area contributed by atoms with E-state index in [1.165, 1.54) is 0 Å². The van der Waals surface area contributed by atoms with Crippen LogP contribution in [0.2, 0.25) is 5.02 Å². The van der Waals surface area contributed by atoms with E-state index in [1.54, 1.807) is 37.4 Å². The zero-order chi connectivity index (χ0) is 16.7. The lowest BCUT2D eigenvalue weighted by Crippen LogP contribution is -2.23. The van der Waals surface area contributed by atoms with Crippen molar-refractivity contribution in [2.24, 2.45) is 0 Å². The van der Waals surface area contributed by atoms with Gasteiger partial charge < -0.3 is 10.1 Å². The molecule has 0 aliphatic heterocycles. The van der Waals surface area contributed by atoms with Crippen molar-refractivity contribution in [2.45, 2.75) is 19.4 Å². The van der Waals surface area contributed by atoms with Crippen LogP contribution >= 0.6 is 11.6 Å². The molecule has 2 rings (SSSR count). The second-order valence-electron chi connectivity index (χ2n) is 5.02. The summed E-state index contributed by atoms with van der Waals surface area (Å²) in [6, 6.07) is 14.2. The monoisotopic (exact) mass is 331 g/mol. The molecule has 23 heavy (non-hydrogen) atoms. The summed E-state index contributed by atoms with van der Waals surface area (Å²) in [5.41, 5.74) is 1.42. The summed E-state index contributed by atoms with van der Waals surface area (Å²) in [5.74, 6) is 0.450. The number of ether oxygens (including phenoxy) is 1. The number of carbonyl (C=O) groups is 2. The molecule has 0 saturated heterocycles. The lowest BCUT2D eigenvalue weighted by Gasteiger charge is -2.07. The number of halogens is 1. The summed E-state index contributed by atoms with van der Waals surface area (Å²) in [5, 5.41) is 3.38. The van der Waals surface area contributed by atoms with E-state index in [1.807, 2.05) is 18.2 Å². The van der Waals surface area contributed by atoms with Crippen LogP contribution in [-0.2, 0) is 11.3 Å². The van der Waals surface area contributed by atoms with E-state index in [-0.39, 0.29) is 24.5 Å². The van der Waals surface area contributed by atoms with Gasteiger partial charge in [0.1, 0.15) is 5.75 Å². The fraction of sp³-hybridized carbons (Fsp3) is 0.222. The second-order valence-corrected chi connectivity index (χ2v) is 5.43. The molecule has 0 aliphatic carbocycles. The smallest absolute Gasteiger partial charge is 0.220 e. The molecule has 120 valence electrons. The lowest BCUT2D eigenvalue weighted by molar-refractivity contribution is -0.121. The third kappa shape index (κ3) is 5.11. The Morgan fingerprint density at radius 1 is 1.04 bits per heavy atom. The minimum atomic E-state index is -0.174. The van der Waals surface area contributed by atoms with Crippen molar-refractivity contribution in [2.75, 3.05) is 7.11 Å². The Labute approximate surface area is 140 Å². The van der Waals surface area contributed by atoms with Crippen molar-refractivity contribution in [3.63, 3.8) is 0 Å². The number of ketones is 1. The topological polar surface area (TPSA) is 55.4 Å². The molecule has 5 heteroatoms. The Hall–Kier alpha value is -2.33. The van der Waals surface area contributed by atoms with Crippen molar-refractivity contribution >= 4 is 23.3 Å². The number of benzene rings is 2. The average Bonchev–Trinajstić information content (AvgIpc) is 2.59. The number of carbonyl (C=O) groups excluding carboxylic acids is 2. The highest BCUT2D eigenvalue weighted by Gasteiger charge is 2.10. The summed E-state index contributed by atoms with van der Waals surface area (Å²) < 4.78 is 5.04. The highest BCUT2D eigenvalue weighted by molar-refractivity contribution is 6.31. The Morgan fingerprint density at radius 2 is 1.74 bits per heavy atom. The normalized spacial score (nSPS) is 10.2. The molecule has 0 aliphatic rings. The first kappa shape index (κ1) is 17.0. The van der Waals surface area contributed by atoms with E-state index < -0.39 is 0 Å². The number of rotatable bonds is 7. The fourth-order valence-corrected chi connectivity index (χ4v) is 2.27. The van der Waals surface area contributed by atoms with Crippen molar-refractivity contribution in [1.82, 2.24) is 5.32 Å². The predicted molar refractivity (Wildman–Crippen MR) is 89.9 cm³/mol. The van der Waals surface area contributed by atoms with E-state index in [9.17, 15) is 9.59 Å². The Kier molecular flexibility index (Phi) is 6.18. The van der Waals surface area contributed by atoms with Crippen molar-refractivity contribution in [1.29, 1.82) is 0 Å². The van der Waals surface area contributed by atoms with E-state index in [4.69, 9.17) is 16.3 Å². The number of amides is 1. The molecule has 0 atom stereocenters. The van der Waals surface area contributed by atoms with E-state index in [2.05, 4.69) is 5.32 Å². The van der Waals surface area contributed by atoms with Crippen LogP contribution in [0.1, 0.15) is 28.8 Å². The molecular formula is C18H18ClNO3. The van der Waals surface area contributed by atoms with Crippen molar-refractivity contribution < 1.29 is 14.3 Å². The SMILES string of the molecule is COc1ccc(C(=O)CCC(=O)NCc2ccccc2Cl)cc1. The highest BCUT2D eigenvalue weighted by atomic mass is 35.5. The van der Waals surface area contributed by atoms with Gasteiger partial charge in [-0.1, -0.05) is 29.8 Å². The third-order valence-electron chi connectivity index (χ3n) is 3.42. The van der Waals surface area contributed by atoms with Gasteiger partial charge in [-0.15, -0.1) is 0 Å². The molecule has 0 bridgehead atoms. The fourth-order valence-electron chi connectivity index (χ4n) is 2.07. The van der Waals surface area contributed by atoms with Gasteiger partial charge in [0.2, 0.25) is 5.91 Å². The summed E-state index contributed by atoms with van der Waals surface area (Å²) in [6.07, 6.45) is 0.315. The van der Waals surface area contributed by atoms with Crippen LogP contribution in [0.15, 0.2) is 48.5 Å². The standard InChI is InChI=1S/C18H18ClNO3/c1-23-15-8-6-13(7-9-15)17(21)10-11-18(22)20-12-14-4-2-3-5-16(14)19/h2-9H,10-12H2,1H3,(H,20,22). The van der Waals surface area contributed by atoms with Crippen LogP contribution in [0, 0.1) is 0 Å². The van der Waals surface area contributed by atoms with Crippen LogP contribution in [0.4, 0.5) is 0 Å². The maximum Gasteiger partial charge on any atom is 0.220 e. The van der Waals surface area contributed by atoms with Gasteiger partial charge in [-0.05, 0) is 35.9 Å². The number of hydrogen-bond acceptors (Lipinski definition) is 3. The second kappa shape index (κ2) is 8.34. The van der Waals surface area contributed by atoms with Gasteiger partial charge in [0.25, 0.3) is 0 Å². The van der Waals surface area contributed by atoms with Crippen molar-refractivity contribution in [3.05, 3.63) is 64.7 Å². The third-order valence-corrected chi connectivity index (χ3v) is 3.79. The Balaban J connectivity index is 1.79. The lowest BCUT2D eigenvalue weighted by atomic mass is 10.1. The average molecular weight is 332 g/mol. The first-order valence-electron chi connectivity index (χ1n) is 7.27. The Bertz CT molecular complexity index is 683. The Morgan fingerprint density at radius 3 is 2.39 bits per heavy atom. The number of methoxy groups -OCH3 is 1. The van der Waals surface area contributed by atoms with Gasteiger partial charge in [-0.2, -0.15) is 0 Å². The zero-order valence-corrected chi connectivity index (χ0v) is 13.6. The van der Waals surface area contributed by atoms with Gasteiger partial charge in [-0.25, -0.2) is 0 Å². The van der Waals surface area contributed by atoms with Gasteiger partial charge in [0, 0.05) is 30.0 Å². The summed E-state index contributed by atoms with van der Waals surface area (Å²) in [6.45, 7) is 0.356. The summed E-state index contributed by atoms with van der Waals surface area (Å²) >= 11 is 6.02. The largest absolute Gasteiger partial charge is 0.497 e.